The number of carbonyl (C=O) groups excluding carboxylic acids is 1. The van der Waals surface area contributed by atoms with Crippen LogP contribution in [0.15, 0.2) is 48.8 Å². The van der Waals surface area contributed by atoms with Gasteiger partial charge in [-0.3, -0.25) is 4.79 Å². The summed E-state index contributed by atoms with van der Waals surface area (Å²) in [4.78, 5) is 15.1. The lowest BCUT2D eigenvalue weighted by molar-refractivity contribution is -0.137. The number of halogens is 3. The van der Waals surface area contributed by atoms with Gasteiger partial charge in [-0.05, 0) is 29.8 Å². The van der Waals surface area contributed by atoms with Crippen molar-refractivity contribution in [2.45, 2.75) is 12.6 Å². The van der Waals surface area contributed by atoms with Crippen LogP contribution in [0.2, 0.25) is 0 Å². The van der Waals surface area contributed by atoms with Crippen molar-refractivity contribution in [2.24, 2.45) is 0 Å². The number of benzene rings is 1. The Morgan fingerprint density at radius 3 is 2.50 bits per heavy atom. The van der Waals surface area contributed by atoms with Gasteiger partial charge in [-0.2, -0.15) is 13.2 Å². The van der Waals surface area contributed by atoms with E-state index in [1.165, 1.54) is 12.1 Å². The number of alkyl halides is 3. The van der Waals surface area contributed by atoms with Crippen LogP contribution in [-0.4, -0.2) is 15.7 Å². The molecule has 2 aromatic heterocycles. The van der Waals surface area contributed by atoms with Crippen LogP contribution in [0.3, 0.4) is 0 Å². The standard InChI is InChI=1S/C16H11F3N2O/c17-16(18,19)13-3-1-11(2-4-13)7-14-9-21-6-5-12(10-22)8-15(21)20-14/h1-6,8-10H,7H2. The van der Waals surface area contributed by atoms with Gasteiger partial charge in [0.2, 0.25) is 0 Å². The number of aromatic nitrogens is 2. The zero-order chi connectivity index (χ0) is 15.7. The van der Waals surface area contributed by atoms with Crippen LogP contribution in [-0.2, 0) is 12.6 Å². The molecule has 22 heavy (non-hydrogen) atoms. The maximum Gasteiger partial charge on any atom is 0.416 e. The minimum atomic E-state index is -4.33. The fraction of sp³-hybridized carbons (Fsp3) is 0.125. The second-order valence-electron chi connectivity index (χ2n) is 4.95. The molecule has 0 aliphatic carbocycles. The van der Waals surface area contributed by atoms with Crippen LogP contribution in [0.4, 0.5) is 13.2 Å². The minimum absolute atomic E-state index is 0.427. The van der Waals surface area contributed by atoms with Crippen LogP contribution >= 0.6 is 0 Å². The molecule has 0 unspecified atom stereocenters. The third kappa shape index (κ3) is 2.86. The third-order valence-corrected chi connectivity index (χ3v) is 3.34. The van der Waals surface area contributed by atoms with E-state index in [2.05, 4.69) is 4.98 Å². The predicted octanol–water partition coefficient (Wildman–Crippen LogP) is 3.76. The zero-order valence-electron chi connectivity index (χ0n) is 11.3. The van der Waals surface area contributed by atoms with E-state index in [1.807, 2.05) is 0 Å². The Morgan fingerprint density at radius 1 is 1.14 bits per heavy atom. The summed E-state index contributed by atoms with van der Waals surface area (Å²) in [5.74, 6) is 0. The smallest absolute Gasteiger partial charge is 0.307 e. The molecule has 0 spiro atoms. The summed E-state index contributed by atoms with van der Waals surface area (Å²) in [6.45, 7) is 0. The highest BCUT2D eigenvalue weighted by atomic mass is 19.4. The molecule has 0 N–H and O–H groups in total. The molecule has 0 saturated carbocycles. The van der Waals surface area contributed by atoms with E-state index in [1.54, 1.807) is 28.9 Å². The van der Waals surface area contributed by atoms with Gasteiger partial charge >= 0.3 is 6.18 Å². The molecule has 0 atom stereocenters. The van der Waals surface area contributed by atoms with Crippen molar-refractivity contribution in [1.82, 2.24) is 9.38 Å². The molecule has 0 saturated heterocycles. The monoisotopic (exact) mass is 304 g/mol. The van der Waals surface area contributed by atoms with Gasteiger partial charge in [-0.1, -0.05) is 12.1 Å². The summed E-state index contributed by atoms with van der Waals surface area (Å²) < 4.78 is 39.3. The van der Waals surface area contributed by atoms with Gasteiger partial charge in [-0.15, -0.1) is 0 Å². The Labute approximate surface area is 124 Å². The summed E-state index contributed by atoms with van der Waals surface area (Å²) >= 11 is 0. The highest BCUT2D eigenvalue weighted by Gasteiger charge is 2.29. The minimum Gasteiger partial charge on any atom is -0.307 e. The second kappa shape index (κ2) is 5.29. The van der Waals surface area contributed by atoms with E-state index in [-0.39, 0.29) is 0 Å². The van der Waals surface area contributed by atoms with Crippen molar-refractivity contribution in [3.63, 3.8) is 0 Å². The largest absolute Gasteiger partial charge is 0.416 e. The van der Waals surface area contributed by atoms with Crippen molar-refractivity contribution in [3.05, 3.63) is 71.2 Å². The van der Waals surface area contributed by atoms with Gasteiger partial charge in [-0.25, -0.2) is 4.98 Å². The maximum absolute atomic E-state index is 12.5. The van der Waals surface area contributed by atoms with E-state index in [0.717, 1.165) is 29.7 Å². The molecule has 3 nitrogen and oxygen atoms in total. The number of fused-ring (bicyclic) bond motifs is 1. The fourth-order valence-electron chi connectivity index (χ4n) is 2.23. The van der Waals surface area contributed by atoms with Crippen LogP contribution in [0.1, 0.15) is 27.2 Å². The molecule has 3 rings (SSSR count). The van der Waals surface area contributed by atoms with Crippen LogP contribution in [0, 0.1) is 0 Å². The van der Waals surface area contributed by atoms with E-state index in [4.69, 9.17) is 0 Å². The SMILES string of the molecule is O=Cc1ccn2cc(Cc3ccc(C(F)(F)F)cc3)nc2c1. The van der Waals surface area contributed by atoms with Crippen molar-refractivity contribution in [1.29, 1.82) is 0 Å². The molecule has 0 bridgehead atoms. The molecule has 6 heteroatoms. The third-order valence-electron chi connectivity index (χ3n) is 3.34. The topological polar surface area (TPSA) is 34.4 Å². The van der Waals surface area contributed by atoms with E-state index >= 15 is 0 Å². The van der Waals surface area contributed by atoms with E-state index in [0.29, 0.717) is 17.6 Å². The second-order valence-corrected chi connectivity index (χ2v) is 4.95. The first kappa shape index (κ1) is 14.3. The lowest BCUT2D eigenvalue weighted by atomic mass is 10.1. The number of hydrogen-bond acceptors (Lipinski definition) is 2. The number of carbonyl (C=O) groups is 1. The molecule has 2 heterocycles. The molecule has 0 aliphatic rings. The van der Waals surface area contributed by atoms with Crippen LogP contribution in [0.25, 0.3) is 5.65 Å². The van der Waals surface area contributed by atoms with E-state index in [9.17, 15) is 18.0 Å². The van der Waals surface area contributed by atoms with Gasteiger partial charge in [0, 0.05) is 24.4 Å². The Morgan fingerprint density at radius 2 is 1.86 bits per heavy atom. The number of rotatable bonds is 3. The molecular formula is C16H11F3N2O. The molecular weight excluding hydrogens is 293 g/mol. The molecule has 0 amide bonds. The summed E-state index contributed by atoms with van der Waals surface area (Å²) in [5, 5.41) is 0. The predicted molar refractivity (Wildman–Crippen MR) is 74.8 cm³/mol. The van der Waals surface area contributed by atoms with Gasteiger partial charge in [0.1, 0.15) is 11.9 Å². The number of aldehydes is 1. The van der Waals surface area contributed by atoms with Crippen molar-refractivity contribution >= 4 is 11.9 Å². The molecule has 0 aliphatic heterocycles. The van der Waals surface area contributed by atoms with Gasteiger partial charge in [0.15, 0.2) is 0 Å². The van der Waals surface area contributed by atoms with Crippen molar-refractivity contribution in [3.8, 4) is 0 Å². The quantitative estimate of drug-likeness (QED) is 0.691. The summed E-state index contributed by atoms with van der Waals surface area (Å²) in [6, 6.07) is 8.35. The Kier molecular flexibility index (Phi) is 3.44. The first-order valence-corrected chi connectivity index (χ1v) is 6.55. The first-order valence-electron chi connectivity index (χ1n) is 6.55. The highest BCUT2D eigenvalue weighted by molar-refractivity contribution is 5.76. The zero-order valence-corrected chi connectivity index (χ0v) is 11.3. The summed E-state index contributed by atoms with van der Waals surface area (Å²) in [6.07, 6.45) is 0.358. The van der Waals surface area contributed by atoms with Crippen molar-refractivity contribution in [2.75, 3.05) is 0 Å². The number of nitrogens with zero attached hydrogens (tertiary/aromatic N) is 2. The Bertz CT molecular complexity index is 820. The average molecular weight is 304 g/mol. The first-order chi connectivity index (χ1) is 10.5. The molecule has 112 valence electrons. The summed E-state index contributed by atoms with van der Waals surface area (Å²) in [5.41, 5.74) is 1.96. The lowest BCUT2D eigenvalue weighted by Gasteiger charge is -2.06. The molecule has 0 radical (unpaired) electrons. The maximum atomic E-state index is 12.5. The Balaban J connectivity index is 1.85. The van der Waals surface area contributed by atoms with E-state index < -0.39 is 11.7 Å². The normalized spacial score (nSPS) is 11.8. The van der Waals surface area contributed by atoms with Gasteiger partial charge < -0.3 is 4.40 Å². The highest BCUT2D eigenvalue weighted by Crippen LogP contribution is 2.29. The number of imidazole rings is 1. The average Bonchev–Trinajstić information content (AvgIpc) is 2.88. The number of pyridine rings is 1. The van der Waals surface area contributed by atoms with Crippen LogP contribution < -0.4 is 0 Å². The van der Waals surface area contributed by atoms with Crippen molar-refractivity contribution < 1.29 is 18.0 Å². The molecule has 3 aromatic rings. The lowest BCUT2D eigenvalue weighted by Crippen LogP contribution is -2.04. The van der Waals surface area contributed by atoms with Crippen LogP contribution in [0.5, 0.6) is 0 Å². The number of hydrogen-bond donors (Lipinski definition) is 0. The summed E-state index contributed by atoms with van der Waals surface area (Å²) in [7, 11) is 0. The molecule has 1 aromatic carbocycles. The van der Waals surface area contributed by atoms with Gasteiger partial charge in [0.05, 0.1) is 11.3 Å². The Hall–Kier alpha value is -2.63. The fourth-order valence-corrected chi connectivity index (χ4v) is 2.23. The molecule has 0 fully saturated rings. The van der Waals surface area contributed by atoms with Gasteiger partial charge in [0.25, 0.3) is 0 Å².